The second-order valence-corrected chi connectivity index (χ2v) is 7.64. The van der Waals surface area contributed by atoms with E-state index in [2.05, 4.69) is 16.9 Å². The summed E-state index contributed by atoms with van der Waals surface area (Å²) in [6.45, 7) is 9.90. The summed E-state index contributed by atoms with van der Waals surface area (Å²) in [4.78, 5) is 0. The normalized spacial score (nSPS) is 18.7. The molecule has 4 nitrogen and oxygen atoms in total. The SMILES string of the molecule is CC(=C(F)B1OC(C)(C)C(C)(C)O1)c1ccc(C#CCn2cccn2)cc1. The van der Waals surface area contributed by atoms with Gasteiger partial charge in [0.25, 0.3) is 0 Å². The van der Waals surface area contributed by atoms with Crippen LogP contribution in [0.4, 0.5) is 4.39 Å². The molecule has 1 aliphatic rings. The molecule has 1 fully saturated rings. The third-order valence-corrected chi connectivity index (χ3v) is 5.17. The zero-order valence-electron chi connectivity index (χ0n) is 16.4. The van der Waals surface area contributed by atoms with Gasteiger partial charge in [0.2, 0.25) is 0 Å². The predicted octanol–water partition coefficient (Wildman–Crippen LogP) is 4.27. The van der Waals surface area contributed by atoms with Crippen LogP contribution in [0, 0.1) is 11.8 Å². The molecule has 0 spiro atoms. The van der Waals surface area contributed by atoms with E-state index in [1.807, 2.05) is 64.2 Å². The van der Waals surface area contributed by atoms with Gasteiger partial charge in [0.05, 0.1) is 11.2 Å². The van der Waals surface area contributed by atoms with Crippen LogP contribution in [0.25, 0.3) is 5.57 Å². The maximum atomic E-state index is 14.9. The van der Waals surface area contributed by atoms with Crippen LogP contribution in [-0.4, -0.2) is 28.1 Å². The summed E-state index contributed by atoms with van der Waals surface area (Å²) in [7, 11) is -0.983. The minimum Gasteiger partial charge on any atom is -0.398 e. The van der Waals surface area contributed by atoms with Gasteiger partial charge in [-0.15, -0.1) is 0 Å². The van der Waals surface area contributed by atoms with Crippen molar-refractivity contribution in [3.63, 3.8) is 0 Å². The third kappa shape index (κ3) is 4.15. The quantitative estimate of drug-likeness (QED) is 0.601. The number of halogens is 1. The summed E-state index contributed by atoms with van der Waals surface area (Å²) in [5.41, 5.74) is 0.623. The topological polar surface area (TPSA) is 36.3 Å². The fourth-order valence-corrected chi connectivity index (χ4v) is 2.68. The Morgan fingerprint density at radius 2 is 1.78 bits per heavy atom. The van der Waals surface area contributed by atoms with Crippen LogP contribution in [-0.2, 0) is 15.9 Å². The number of hydrogen-bond donors (Lipinski definition) is 0. The van der Waals surface area contributed by atoms with Gasteiger partial charge >= 0.3 is 7.12 Å². The molecule has 1 aromatic carbocycles. The third-order valence-electron chi connectivity index (χ3n) is 5.17. The van der Waals surface area contributed by atoms with Crippen LogP contribution < -0.4 is 0 Å². The second kappa shape index (κ2) is 7.34. The van der Waals surface area contributed by atoms with Crippen molar-refractivity contribution in [3.05, 3.63) is 59.6 Å². The molecule has 0 aliphatic carbocycles. The molecule has 0 bridgehead atoms. The molecule has 0 amide bonds. The summed E-state index contributed by atoms with van der Waals surface area (Å²) < 4.78 is 28.3. The highest BCUT2D eigenvalue weighted by Crippen LogP contribution is 2.40. The highest BCUT2D eigenvalue weighted by atomic mass is 19.1. The smallest absolute Gasteiger partial charge is 0.398 e. The van der Waals surface area contributed by atoms with E-state index in [-0.39, 0.29) is 0 Å². The van der Waals surface area contributed by atoms with Gasteiger partial charge in [0.15, 0.2) is 0 Å². The number of nitrogens with zero attached hydrogens (tertiary/aromatic N) is 2. The Morgan fingerprint density at radius 1 is 1.15 bits per heavy atom. The lowest BCUT2D eigenvalue weighted by Crippen LogP contribution is -2.41. The first kappa shape index (κ1) is 19.4. The van der Waals surface area contributed by atoms with Crippen molar-refractivity contribution in [1.29, 1.82) is 0 Å². The Bertz CT molecular complexity index is 875. The summed E-state index contributed by atoms with van der Waals surface area (Å²) in [5.74, 6) is 6.15. The van der Waals surface area contributed by atoms with E-state index in [9.17, 15) is 4.39 Å². The lowest BCUT2D eigenvalue weighted by atomic mass is 9.83. The first-order chi connectivity index (χ1) is 12.7. The molecule has 2 aromatic rings. The van der Waals surface area contributed by atoms with E-state index in [0.717, 1.165) is 11.1 Å². The van der Waals surface area contributed by atoms with Crippen molar-refractivity contribution in [2.24, 2.45) is 0 Å². The van der Waals surface area contributed by atoms with Crippen molar-refractivity contribution >= 4 is 12.7 Å². The number of aromatic nitrogens is 2. The van der Waals surface area contributed by atoms with Gasteiger partial charge in [-0.3, -0.25) is 4.68 Å². The Hall–Kier alpha value is -2.36. The van der Waals surface area contributed by atoms with Crippen molar-refractivity contribution in [1.82, 2.24) is 9.78 Å². The van der Waals surface area contributed by atoms with Crippen LogP contribution >= 0.6 is 0 Å². The molecule has 1 aliphatic heterocycles. The fourth-order valence-electron chi connectivity index (χ4n) is 2.68. The predicted molar refractivity (Wildman–Crippen MR) is 105 cm³/mol. The van der Waals surface area contributed by atoms with E-state index in [4.69, 9.17) is 9.31 Å². The largest absolute Gasteiger partial charge is 0.525 e. The number of rotatable bonds is 3. The van der Waals surface area contributed by atoms with Crippen LogP contribution in [0.15, 0.2) is 48.5 Å². The molecule has 0 unspecified atom stereocenters. The molecule has 0 N–H and O–H groups in total. The molecule has 1 saturated heterocycles. The van der Waals surface area contributed by atoms with Gasteiger partial charge in [-0.2, -0.15) is 5.10 Å². The molecular formula is C21H24BFN2O2. The zero-order valence-corrected chi connectivity index (χ0v) is 16.4. The van der Waals surface area contributed by atoms with Crippen LogP contribution in [0.2, 0.25) is 0 Å². The molecule has 1 aromatic heterocycles. The van der Waals surface area contributed by atoms with Crippen molar-refractivity contribution < 1.29 is 13.7 Å². The second-order valence-electron chi connectivity index (χ2n) is 7.64. The number of allylic oxidation sites excluding steroid dienone is 1. The van der Waals surface area contributed by atoms with E-state index in [1.165, 1.54) is 0 Å². The maximum Gasteiger partial charge on any atom is 0.525 e. The average molecular weight is 366 g/mol. The highest BCUT2D eigenvalue weighted by Gasteiger charge is 2.53. The van der Waals surface area contributed by atoms with Crippen molar-refractivity contribution in [3.8, 4) is 11.8 Å². The van der Waals surface area contributed by atoms with Gasteiger partial charge in [-0.1, -0.05) is 24.0 Å². The molecular weight excluding hydrogens is 342 g/mol. The molecule has 3 rings (SSSR count). The molecule has 2 heterocycles. The summed E-state index contributed by atoms with van der Waals surface area (Å²) in [6.07, 6.45) is 3.59. The van der Waals surface area contributed by atoms with E-state index in [0.29, 0.717) is 12.1 Å². The molecule has 27 heavy (non-hydrogen) atoms. The number of benzene rings is 1. The number of hydrogen-bond acceptors (Lipinski definition) is 3. The molecule has 0 saturated carbocycles. The summed E-state index contributed by atoms with van der Waals surface area (Å²) in [6, 6.07) is 9.34. The van der Waals surface area contributed by atoms with Gasteiger partial charge < -0.3 is 9.31 Å². The molecule has 0 radical (unpaired) electrons. The lowest BCUT2D eigenvalue weighted by Gasteiger charge is -2.32. The van der Waals surface area contributed by atoms with Gasteiger partial charge in [-0.05, 0) is 64.0 Å². The fraction of sp³-hybridized carbons (Fsp3) is 0.381. The Labute approximate surface area is 160 Å². The molecule has 0 atom stereocenters. The standard InChI is InChI=1S/C21H24BFN2O2/c1-16(19(23)22-26-20(2,3)21(4,5)27-22)18-11-9-17(10-12-18)8-6-14-25-15-7-13-24-25/h7,9-13,15H,14H2,1-5H3. The molecule has 6 heteroatoms. The Balaban J connectivity index is 1.72. The van der Waals surface area contributed by atoms with Crippen molar-refractivity contribution in [2.75, 3.05) is 0 Å². The minimum absolute atomic E-state index is 0.397. The van der Waals surface area contributed by atoms with E-state index in [1.54, 1.807) is 17.8 Å². The van der Waals surface area contributed by atoms with Crippen LogP contribution in [0.5, 0.6) is 0 Å². The van der Waals surface area contributed by atoms with E-state index < -0.39 is 24.0 Å². The Morgan fingerprint density at radius 3 is 2.33 bits per heavy atom. The van der Waals surface area contributed by atoms with Crippen LogP contribution in [0.3, 0.4) is 0 Å². The lowest BCUT2D eigenvalue weighted by molar-refractivity contribution is 0.00578. The van der Waals surface area contributed by atoms with E-state index >= 15 is 0 Å². The van der Waals surface area contributed by atoms with Gasteiger partial charge in [0.1, 0.15) is 12.3 Å². The minimum atomic E-state index is -0.983. The van der Waals surface area contributed by atoms with Gasteiger partial charge in [-0.25, -0.2) is 4.39 Å². The first-order valence-electron chi connectivity index (χ1n) is 8.98. The summed E-state index contributed by atoms with van der Waals surface area (Å²) in [5, 5.41) is 4.10. The average Bonchev–Trinajstić information content (AvgIpc) is 3.20. The monoisotopic (exact) mass is 366 g/mol. The summed E-state index contributed by atoms with van der Waals surface area (Å²) >= 11 is 0. The zero-order chi connectivity index (χ0) is 19.7. The molecule has 140 valence electrons. The van der Waals surface area contributed by atoms with Gasteiger partial charge in [0, 0.05) is 18.0 Å². The van der Waals surface area contributed by atoms with Crippen LogP contribution in [0.1, 0.15) is 45.7 Å². The first-order valence-corrected chi connectivity index (χ1v) is 8.98. The maximum absolute atomic E-state index is 14.9. The Kier molecular flexibility index (Phi) is 5.28. The van der Waals surface area contributed by atoms with Crippen molar-refractivity contribution in [2.45, 2.75) is 52.4 Å². The highest BCUT2D eigenvalue weighted by molar-refractivity contribution is 6.55.